The van der Waals surface area contributed by atoms with Crippen molar-refractivity contribution in [3.8, 4) is 11.8 Å². The number of imide groups is 1. The maximum absolute atomic E-state index is 13.0. The lowest BCUT2D eigenvalue weighted by atomic mass is 9.64. The van der Waals surface area contributed by atoms with Gasteiger partial charge in [-0.3, -0.25) is 14.5 Å². The number of urea groups is 1. The highest BCUT2D eigenvalue weighted by Crippen LogP contribution is 2.46. The molecule has 2 fully saturated rings. The van der Waals surface area contributed by atoms with Crippen LogP contribution < -0.4 is 10.6 Å². The molecule has 1 aromatic rings. The first-order valence-electron chi connectivity index (χ1n) is 9.66. The smallest absolute Gasteiger partial charge is 0.325 e. The Hall–Kier alpha value is -2.81. The second-order valence-electron chi connectivity index (χ2n) is 8.70. The summed E-state index contributed by atoms with van der Waals surface area (Å²) in [5, 5.41) is 5.53. The van der Waals surface area contributed by atoms with Crippen LogP contribution in [0.25, 0.3) is 0 Å². The Morgan fingerprint density at radius 1 is 1.25 bits per heavy atom. The highest BCUT2D eigenvalue weighted by atomic mass is 16.2. The van der Waals surface area contributed by atoms with Gasteiger partial charge in [0.15, 0.2) is 0 Å². The van der Waals surface area contributed by atoms with Gasteiger partial charge in [0.05, 0.1) is 6.54 Å². The van der Waals surface area contributed by atoms with E-state index in [1.54, 1.807) is 0 Å². The summed E-state index contributed by atoms with van der Waals surface area (Å²) in [4.78, 5) is 38.7. The second kappa shape index (κ2) is 7.67. The summed E-state index contributed by atoms with van der Waals surface area (Å²) >= 11 is 0. The predicted octanol–water partition coefficient (Wildman–Crippen LogP) is 2.29. The van der Waals surface area contributed by atoms with Crippen molar-refractivity contribution in [3.63, 3.8) is 0 Å². The molecule has 6 heteroatoms. The second-order valence-corrected chi connectivity index (χ2v) is 8.70. The minimum Gasteiger partial charge on any atom is -0.344 e. The summed E-state index contributed by atoms with van der Waals surface area (Å²) in [6.07, 6.45) is 2.22. The van der Waals surface area contributed by atoms with Gasteiger partial charge in [0.2, 0.25) is 5.91 Å². The normalized spacial score (nSPS) is 25.8. The van der Waals surface area contributed by atoms with Crippen LogP contribution in [-0.2, 0) is 9.59 Å². The van der Waals surface area contributed by atoms with Gasteiger partial charge >= 0.3 is 6.03 Å². The lowest BCUT2D eigenvalue weighted by molar-refractivity contribution is -0.137. The lowest BCUT2D eigenvalue weighted by Gasteiger charge is -2.43. The Balaban J connectivity index is 1.58. The van der Waals surface area contributed by atoms with E-state index in [-0.39, 0.29) is 24.4 Å². The van der Waals surface area contributed by atoms with E-state index < -0.39 is 17.5 Å². The highest BCUT2D eigenvalue weighted by Gasteiger charge is 2.56. The van der Waals surface area contributed by atoms with Gasteiger partial charge < -0.3 is 10.6 Å². The van der Waals surface area contributed by atoms with Crippen molar-refractivity contribution in [2.75, 3.05) is 13.1 Å². The van der Waals surface area contributed by atoms with E-state index in [2.05, 4.69) is 43.2 Å². The van der Waals surface area contributed by atoms with Crippen molar-refractivity contribution in [1.82, 2.24) is 15.5 Å². The largest absolute Gasteiger partial charge is 0.344 e. The van der Waals surface area contributed by atoms with Crippen molar-refractivity contribution in [1.29, 1.82) is 0 Å². The van der Waals surface area contributed by atoms with Crippen LogP contribution in [0.4, 0.5) is 4.79 Å². The Morgan fingerprint density at radius 2 is 1.96 bits per heavy atom. The zero-order valence-electron chi connectivity index (χ0n) is 16.7. The molecule has 2 atom stereocenters. The van der Waals surface area contributed by atoms with Gasteiger partial charge in [0, 0.05) is 5.56 Å². The summed E-state index contributed by atoms with van der Waals surface area (Å²) in [6, 6.07) is 8.97. The van der Waals surface area contributed by atoms with Crippen molar-refractivity contribution in [2.24, 2.45) is 11.3 Å². The summed E-state index contributed by atoms with van der Waals surface area (Å²) in [7, 11) is 0. The molecule has 4 amide bonds. The summed E-state index contributed by atoms with van der Waals surface area (Å²) < 4.78 is 0. The first-order valence-corrected chi connectivity index (χ1v) is 9.66. The molecule has 1 saturated heterocycles. The molecule has 0 aromatic heterocycles. The van der Waals surface area contributed by atoms with Gasteiger partial charge in [-0.2, -0.15) is 0 Å². The van der Waals surface area contributed by atoms with Crippen LogP contribution in [0.3, 0.4) is 0 Å². The maximum atomic E-state index is 13.0. The number of benzene rings is 1. The van der Waals surface area contributed by atoms with Gasteiger partial charge in [-0.25, -0.2) is 4.79 Å². The molecule has 2 aliphatic rings. The molecule has 3 rings (SSSR count). The molecule has 28 heavy (non-hydrogen) atoms. The molecule has 6 nitrogen and oxygen atoms in total. The molecule has 0 bridgehead atoms. The number of nitrogens with zero attached hydrogens (tertiary/aromatic N) is 1. The first kappa shape index (κ1) is 19.9. The van der Waals surface area contributed by atoms with E-state index in [0.717, 1.165) is 16.9 Å². The molecule has 0 radical (unpaired) electrons. The SMILES string of the molecule is CC1CC(C)(C)CC2(C1)NC(=O)N(CC(=O)NCC#Cc1ccccc1)C2=O. The fourth-order valence-electron chi connectivity index (χ4n) is 4.66. The Kier molecular flexibility index (Phi) is 5.46. The number of hydrogen-bond acceptors (Lipinski definition) is 3. The average molecular weight is 381 g/mol. The molecular weight excluding hydrogens is 354 g/mol. The summed E-state index contributed by atoms with van der Waals surface area (Å²) in [6.45, 7) is 6.21. The van der Waals surface area contributed by atoms with Gasteiger partial charge in [-0.05, 0) is 42.7 Å². The van der Waals surface area contributed by atoms with Crippen molar-refractivity contribution < 1.29 is 14.4 Å². The van der Waals surface area contributed by atoms with Crippen LogP contribution in [0.1, 0.15) is 45.6 Å². The Bertz CT molecular complexity index is 838. The minimum atomic E-state index is -0.883. The molecule has 1 spiro atoms. The molecule has 1 aliphatic carbocycles. The monoisotopic (exact) mass is 381 g/mol. The van der Waals surface area contributed by atoms with E-state index in [0.29, 0.717) is 18.8 Å². The van der Waals surface area contributed by atoms with Crippen LogP contribution in [0, 0.1) is 23.2 Å². The predicted molar refractivity (Wildman–Crippen MR) is 106 cm³/mol. The van der Waals surface area contributed by atoms with E-state index >= 15 is 0 Å². The molecule has 148 valence electrons. The number of nitrogens with one attached hydrogen (secondary N) is 2. The first-order chi connectivity index (χ1) is 13.2. The number of carbonyl (C=O) groups excluding carboxylic acids is 3. The topological polar surface area (TPSA) is 78.5 Å². The summed E-state index contributed by atoms with van der Waals surface area (Å²) in [5.41, 5.74) is -0.0563. The van der Waals surface area contributed by atoms with Gasteiger partial charge in [0.25, 0.3) is 5.91 Å². The van der Waals surface area contributed by atoms with E-state index in [1.807, 2.05) is 30.3 Å². The van der Waals surface area contributed by atoms with Gasteiger partial charge in [0.1, 0.15) is 12.1 Å². The fourth-order valence-corrected chi connectivity index (χ4v) is 4.66. The Morgan fingerprint density at radius 3 is 2.64 bits per heavy atom. The lowest BCUT2D eigenvalue weighted by Crippen LogP contribution is -2.54. The van der Waals surface area contributed by atoms with E-state index in [1.165, 1.54) is 0 Å². The Labute approximate surface area is 166 Å². The third kappa shape index (κ3) is 4.36. The van der Waals surface area contributed by atoms with E-state index in [4.69, 9.17) is 0 Å². The molecular formula is C22H27N3O3. The van der Waals surface area contributed by atoms with Crippen LogP contribution in [0.15, 0.2) is 30.3 Å². The van der Waals surface area contributed by atoms with Gasteiger partial charge in [-0.15, -0.1) is 0 Å². The number of amides is 4. The number of carbonyl (C=O) groups is 3. The highest BCUT2D eigenvalue weighted by molar-refractivity contribution is 6.09. The molecule has 1 heterocycles. The number of hydrogen-bond donors (Lipinski definition) is 2. The maximum Gasteiger partial charge on any atom is 0.325 e. The van der Waals surface area contributed by atoms with Crippen molar-refractivity contribution in [3.05, 3.63) is 35.9 Å². The van der Waals surface area contributed by atoms with E-state index in [9.17, 15) is 14.4 Å². The molecule has 1 aromatic carbocycles. The average Bonchev–Trinajstić information content (AvgIpc) is 2.81. The molecule has 1 aliphatic heterocycles. The molecule has 1 saturated carbocycles. The zero-order chi connectivity index (χ0) is 20.4. The standard InChI is InChI=1S/C22H27N3O3/c1-16-12-21(2,3)15-22(13-16)19(27)25(20(28)24-22)14-18(26)23-11-7-10-17-8-5-4-6-9-17/h4-6,8-9,16H,11-15H2,1-3H3,(H,23,26)(H,24,28). The minimum absolute atomic E-state index is 0.0358. The summed E-state index contributed by atoms with van der Waals surface area (Å²) in [5.74, 6) is 5.46. The van der Waals surface area contributed by atoms with Crippen LogP contribution in [0.5, 0.6) is 0 Å². The molecule has 2 N–H and O–H groups in total. The van der Waals surface area contributed by atoms with Crippen LogP contribution in [-0.4, -0.2) is 41.4 Å². The van der Waals surface area contributed by atoms with Crippen molar-refractivity contribution in [2.45, 2.75) is 45.6 Å². The fraction of sp³-hybridized carbons (Fsp3) is 0.500. The van der Waals surface area contributed by atoms with Crippen LogP contribution >= 0.6 is 0 Å². The number of rotatable bonds is 3. The van der Waals surface area contributed by atoms with Gasteiger partial charge in [-0.1, -0.05) is 50.8 Å². The quantitative estimate of drug-likeness (QED) is 0.623. The van der Waals surface area contributed by atoms with Crippen LogP contribution in [0.2, 0.25) is 0 Å². The van der Waals surface area contributed by atoms with Crippen molar-refractivity contribution >= 4 is 17.8 Å². The molecule has 2 unspecified atom stereocenters. The third-order valence-electron chi connectivity index (χ3n) is 5.31. The zero-order valence-corrected chi connectivity index (χ0v) is 16.7. The third-order valence-corrected chi connectivity index (χ3v) is 5.31.